The van der Waals surface area contributed by atoms with Crippen LogP contribution in [0.4, 0.5) is 15.8 Å². The fraction of sp³-hybridized carbons (Fsp3) is 0. The van der Waals surface area contributed by atoms with E-state index in [1.54, 1.807) is 12.1 Å². The molecule has 1 aromatic heterocycles. The molecule has 2 aromatic carbocycles. The Balaban J connectivity index is 1.73. The molecule has 0 fully saturated rings. The van der Waals surface area contributed by atoms with Gasteiger partial charge in [0.15, 0.2) is 0 Å². The van der Waals surface area contributed by atoms with Gasteiger partial charge >= 0.3 is 0 Å². The Morgan fingerprint density at radius 2 is 2.17 bits per heavy atom. The first kappa shape index (κ1) is 14.2. The van der Waals surface area contributed by atoms with Crippen molar-refractivity contribution >= 4 is 51.8 Å². The Bertz CT molecular complexity index is 958. The topological polar surface area (TPSA) is 85.3 Å². The average Bonchev–Trinajstić information content (AvgIpc) is 3.01. The molecule has 0 atom stereocenters. The Hall–Kier alpha value is -2.45. The third-order valence-corrected chi connectivity index (χ3v) is 4.36. The highest BCUT2D eigenvalue weighted by atomic mass is 35.5. The number of nitrogens with one attached hydrogen (secondary N) is 3. The van der Waals surface area contributed by atoms with Crippen LogP contribution in [-0.4, -0.2) is 21.3 Å². The summed E-state index contributed by atoms with van der Waals surface area (Å²) in [5.74, 6) is 0.0243. The number of halogens is 2. The summed E-state index contributed by atoms with van der Waals surface area (Å²) >= 11 is 7.17. The molecule has 116 valence electrons. The van der Waals surface area contributed by atoms with Crippen molar-refractivity contribution in [2.24, 2.45) is 4.99 Å². The second-order valence-electron chi connectivity index (χ2n) is 4.81. The van der Waals surface area contributed by atoms with E-state index >= 15 is 0 Å². The molecule has 0 aliphatic carbocycles. The van der Waals surface area contributed by atoms with Crippen LogP contribution in [0.25, 0.3) is 10.9 Å². The number of aromatic nitrogens is 2. The lowest BCUT2D eigenvalue weighted by Gasteiger charge is -2.19. The number of hydrogen-bond acceptors (Lipinski definition) is 6. The summed E-state index contributed by atoms with van der Waals surface area (Å²) in [5, 5.41) is 20.5. The maximum atomic E-state index is 13.7. The molecular weight excluding hydrogens is 341 g/mol. The van der Waals surface area contributed by atoms with Crippen LogP contribution in [0.3, 0.4) is 0 Å². The number of guanidine groups is 1. The van der Waals surface area contributed by atoms with Gasteiger partial charge < -0.3 is 10.4 Å². The summed E-state index contributed by atoms with van der Waals surface area (Å²) in [5.41, 5.74) is 1.37. The molecule has 4 N–H and O–H groups in total. The molecule has 0 saturated carbocycles. The molecule has 0 amide bonds. The third-order valence-electron chi connectivity index (χ3n) is 3.32. The first-order valence-corrected chi connectivity index (χ1v) is 7.74. The van der Waals surface area contributed by atoms with Gasteiger partial charge in [0, 0.05) is 16.5 Å². The number of aliphatic imine (C=N–C) groups is 1. The molecule has 0 saturated heterocycles. The average molecular weight is 350 g/mol. The Morgan fingerprint density at radius 3 is 3.04 bits per heavy atom. The molecule has 23 heavy (non-hydrogen) atoms. The number of phenols is 1. The lowest BCUT2D eigenvalue weighted by Crippen LogP contribution is -2.26. The van der Waals surface area contributed by atoms with E-state index in [9.17, 15) is 9.50 Å². The summed E-state index contributed by atoms with van der Waals surface area (Å²) in [4.78, 5) is 5.05. The van der Waals surface area contributed by atoms with Gasteiger partial charge in [-0.2, -0.15) is 5.10 Å². The first-order chi connectivity index (χ1) is 11.1. The molecule has 4 rings (SSSR count). The zero-order chi connectivity index (χ0) is 16.0. The molecule has 0 bridgehead atoms. The molecule has 2 heterocycles. The van der Waals surface area contributed by atoms with Gasteiger partial charge in [-0.3, -0.25) is 9.82 Å². The van der Waals surface area contributed by atoms with E-state index in [1.165, 1.54) is 30.3 Å². The zero-order valence-corrected chi connectivity index (χ0v) is 13.0. The van der Waals surface area contributed by atoms with Crippen LogP contribution in [0, 0.1) is 5.82 Å². The van der Waals surface area contributed by atoms with Crippen molar-refractivity contribution in [3.63, 3.8) is 0 Å². The van der Waals surface area contributed by atoms with Gasteiger partial charge in [0.25, 0.3) is 0 Å². The minimum absolute atomic E-state index is 0.00614. The summed E-state index contributed by atoms with van der Waals surface area (Å²) in [6, 6.07) is 6.07. The highest BCUT2D eigenvalue weighted by Gasteiger charge is 2.18. The van der Waals surface area contributed by atoms with Crippen LogP contribution < -0.4 is 10.0 Å². The maximum Gasteiger partial charge on any atom is 0.211 e. The number of phenolic OH excluding ortho intramolecular Hbond substituents is 1. The Kier molecular flexibility index (Phi) is 3.28. The first-order valence-electron chi connectivity index (χ1n) is 6.54. The largest absolute Gasteiger partial charge is 0.506 e. The fourth-order valence-corrected chi connectivity index (χ4v) is 3.29. The van der Waals surface area contributed by atoms with E-state index in [2.05, 4.69) is 25.2 Å². The van der Waals surface area contributed by atoms with Crippen LogP contribution in [0.5, 0.6) is 5.75 Å². The third kappa shape index (κ3) is 2.45. The summed E-state index contributed by atoms with van der Waals surface area (Å²) in [7, 11) is 0. The smallest absolute Gasteiger partial charge is 0.211 e. The second-order valence-corrected chi connectivity index (χ2v) is 6.10. The summed E-state index contributed by atoms with van der Waals surface area (Å²) in [6.07, 6.45) is 1.53. The molecule has 0 radical (unpaired) electrons. The van der Waals surface area contributed by atoms with Gasteiger partial charge in [-0.1, -0.05) is 11.6 Å². The van der Waals surface area contributed by atoms with Crippen LogP contribution in [-0.2, 0) is 0 Å². The summed E-state index contributed by atoms with van der Waals surface area (Å²) in [6.45, 7) is 0. The van der Waals surface area contributed by atoms with E-state index in [0.29, 0.717) is 38.2 Å². The molecular formula is C14H9ClFN5OS. The Labute approximate surface area is 138 Å². The van der Waals surface area contributed by atoms with Crippen molar-refractivity contribution < 1.29 is 9.50 Å². The van der Waals surface area contributed by atoms with Gasteiger partial charge in [-0.05, 0) is 30.1 Å². The Morgan fingerprint density at radius 1 is 1.30 bits per heavy atom. The highest BCUT2D eigenvalue weighted by molar-refractivity contribution is 7.98. The van der Waals surface area contributed by atoms with Crippen LogP contribution in [0.15, 0.2) is 40.4 Å². The van der Waals surface area contributed by atoms with Crippen LogP contribution in [0.2, 0.25) is 5.02 Å². The van der Waals surface area contributed by atoms with Gasteiger partial charge in [-0.25, -0.2) is 9.38 Å². The van der Waals surface area contributed by atoms with Crippen LogP contribution in [0.1, 0.15) is 0 Å². The quantitative estimate of drug-likeness (QED) is 0.502. The molecule has 0 spiro atoms. The van der Waals surface area contributed by atoms with Crippen molar-refractivity contribution in [1.29, 1.82) is 0 Å². The molecule has 3 aromatic rings. The molecule has 6 nitrogen and oxygen atoms in total. The fourth-order valence-electron chi connectivity index (χ4n) is 2.28. The zero-order valence-electron chi connectivity index (χ0n) is 11.4. The van der Waals surface area contributed by atoms with Gasteiger partial charge in [0.1, 0.15) is 22.8 Å². The monoisotopic (exact) mass is 349 g/mol. The van der Waals surface area contributed by atoms with Crippen molar-refractivity contribution in [3.8, 4) is 5.75 Å². The minimum Gasteiger partial charge on any atom is -0.506 e. The number of nitrogens with zero attached hydrogens (tertiary/aromatic N) is 2. The standard InChI is InChI=1S/C14H9ClFN5OS/c15-6-3-10(22)13-11(4-6)23-21-14(19-13)18-9-2-1-8(16)12-7(9)5-17-20-12/h1-5,22H,(H,17,20)(H2,18,19,21). The van der Waals surface area contributed by atoms with Gasteiger partial charge in [0.05, 0.1) is 16.8 Å². The van der Waals surface area contributed by atoms with E-state index in [0.717, 1.165) is 0 Å². The normalized spacial score (nSPS) is 13.4. The number of rotatable bonds is 1. The highest BCUT2D eigenvalue weighted by Crippen LogP contribution is 2.41. The van der Waals surface area contributed by atoms with Gasteiger partial charge in [-0.15, -0.1) is 0 Å². The second kappa shape index (κ2) is 5.32. The lowest BCUT2D eigenvalue weighted by molar-refractivity contribution is 0.475. The molecule has 1 aliphatic heterocycles. The number of aromatic amines is 1. The number of aromatic hydroxyl groups is 1. The summed E-state index contributed by atoms with van der Waals surface area (Å²) < 4.78 is 16.7. The number of benzene rings is 2. The van der Waals surface area contributed by atoms with E-state index in [-0.39, 0.29) is 11.6 Å². The van der Waals surface area contributed by atoms with Crippen molar-refractivity contribution in [2.45, 2.75) is 4.90 Å². The minimum atomic E-state index is -0.381. The number of H-pyrrole nitrogens is 1. The maximum absolute atomic E-state index is 13.7. The number of anilines is 1. The molecule has 0 unspecified atom stereocenters. The molecule has 1 aliphatic rings. The molecule has 9 heteroatoms. The number of fused-ring (bicyclic) bond motifs is 2. The van der Waals surface area contributed by atoms with E-state index in [4.69, 9.17) is 11.6 Å². The predicted molar refractivity (Wildman–Crippen MR) is 88.9 cm³/mol. The van der Waals surface area contributed by atoms with Crippen LogP contribution >= 0.6 is 23.5 Å². The van der Waals surface area contributed by atoms with Crippen molar-refractivity contribution in [2.75, 3.05) is 5.32 Å². The lowest BCUT2D eigenvalue weighted by atomic mass is 10.2. The van der Waals surface area contributed by atoms with Crippen molar-refractivity contribution in [3.05, 3.63) is 41.3 Å². The van der Waals surface area contributed by atoms with Gasteiger partial charge in [0.2, 0.25) is 5.96 Å². The predicted octanol–water partition coefficient (Wildman–Crippen LogP) is 3.77. The van der Waals surface area contributed by atoms with E-state index in [1.807, 2.05) is 0 Å². The van der Waals surface area contributed by atoms with Crippen molar-refractivity contribution in [1.82, 2.24) is 14.9 Å². The number of hydrogen-bond donors (Lipinski definition) is 4. The SMILES string of the molecule is Oc1cc(Cl)cc2c1N=C(Nc1ccc(F)c3[nH]ncc13)NS2. The van der Waals surface area contributed by atoms with E-state index < -0.39 is 0 Å².